The van der Waals surface area contributed by atoms with Crippen LogP contribution in [0.3, 0.4) is 0 Å². The average Bonchev–Trinajstić information content (AvgIpc) is 2.65. The SMILES string of the molecule is CC(CS)OCC(COC(=O)CS)(COC(=O)CS)COC(=O)CS. The van der Waals surface area contributed by atoms with Crippen LogP contribution in [0, 0.1) is 5.41 Å². The van der Waals surface area contributed by atoms with Crippen LogP contribution in [0.1, 0.15) is 6.92 Å². The van der Waals surface area contributed by atoms with Crippen molar-refractivity contribution in [3.05, 3.63) is 0 Å². The monoisotopic (exact) mass is 432 g/mol. The van der Waals surface area contributed by atoms with Crippen LogP contribution in [0.2, 0.25) is 0 Å². The molecule has 0 aromatic carbocycles. The number of hydrogen-bond acceptors (Lipinski definition) is 11. The van der Waals surface area contributed by atoms with Crippen LogP contribution in [0.25, 0.3) is 0 Å². The van der Waals surface area contributed by atoms with Crippen molar-refractivity contribution in [1.29, 1.82) is 0 Å². The summed E-state index contributed by atoms with van der Waals surface area (Å²) in [6.07, 6.45) is -0.204. The molecule has 1 unspecified atom stereocenters. The fourth-order valence-electron chi connectivity index (χ4n) is 1.46. The minimum Gasteiger partial charge on any atom is -0.464 e. The quantitative estimate of drug-likeness (QED) is 0.194. The molecule has 0 aliphatic rings. The number of thiol groups is 4. The second-order valence-corrected chi connectivity index (χ2v) is 6.57. The van der Waals surface area contributed by atoms with E-state index in [0.717, 1.165) is 0 Å². The highest BCUT2D eigenvalue weighted by molar-refractivity contribution is 7.81. The van der Waals surface area contributed by atoms with Gasteiger partial charge in [-0.2, -0.15) is 50.5 Å². The van der Waals surface area contributed by atoms with Crippen molar-refractivity contribution in [3.8, 4) is 0 Å². The van der Waals surface area contributed by atoms with Crippen LogP contribution < -0.4 is 0 Å². The molecule has 0 aromatic rings. The van der Waals surface area contributed by atoms with Gasteiger partial charge in [-0.05, 0) is 6.92 Å². The lowest BCUT2D eigenvalue weighted by molar-refractivity contribution is -0.165. The number of hydrogen-bond donors (Lipinski definition) is 4. The van der Waals surface area contributed by atoms with E-state index in [2.05, 4.69) is 50.5 Å². The van der Waals surface area contributed by atoms with Gasteiger partial charge in [-0.1, -0.05) is 0 Å². The zero-order valence-electron chi connectivity index (χ0n) is 13.9. The van der Waals surface area contributed by atoms with Gasteiger partial charge in [-0.3, -0.25) is 14.4 Å². The minimum atomic E-state index is -1.06. The summed E-state index contributed by atoms with van der Waals surface area (Å²) in [5.41, 5.74) is -1.06. The van der Waals surface area contributed by atoms with Crippen molar-refractivity contribution in [2.75, 3.05) is 49.4 Å². The van der Waals surface area contributed by atoms with Gasteiger partial charge in [0.15, 0.2) is 0 Å². The van der Waals surface area contributed by atoms with Crippen LogP contribution in [0.5, 0.6) is 0 Å². The van der Waals surface area contributed by atoms with Gasteiger partial charge in [0.1, 0.15) is 19.8 Å². The van der Waals surface area contributed by atoms with Crippen LogP contribution in [0.15, 0.2) is 0 Å². The summed E-state index contributed by atoms with van der Waals surface area (Å²) in [7, 11) is 0. The van der Waals surface area contributed by atoms with Crippen molar-refractivity contribution in [2.45, 2.75) is 13.0 Å². The molecular weight excluding hydrogens is 408 g/mol. The Balaban J connectivity index is 5.20. The van der Waals surface area contributed by atoms with Gasteiger partial charge in [0.25, 0.3) is 0 Å². The molecule has 0 amide bonds. The molecule has 0 spiro atoms. The molecule has 0 saturated carbocycles. The molecule has 0 rings (SSSR count). The Hall–Kier alpha value is -0.230. The molecule has 0 fully saturated rings. The summed E-state index contributed by atoms with van der Waals surface area (Å²) in [5, 5.41) is 0. The minimum absolute atomic E-state index is 0.0221. The molecule has 7 nitrogen and oxygen atoms in total. The van der Waals surface area contributed by atoms with E-state index in [9.17, 15) is 14.4 Å². The summed E-state index contributed by atoms with van der Waals surface area (Å²) in [4.78, 5) is 34.3. The molecular formula is C14H24O7S4. The number of ether oxygens (including phenoxy) is 4. The van der Waals surface area contributed by atoms with Crippen LogP contribution >= 0.6 is 50.5 Å². The number of carbonyl (C=O) groups excluding carboxylic acids is 3. The summed E-state index contributed by atoms with van der Waals surface area (Å²) >= 11 is 15.6. The Morgan fingerprint density at radius 2 is 1.12 bits per heavy atom. The maximum atomic E-state index is 11.4. The summed E-state index contributed by atoms with van der Waals surface area (Å²) in [6, 6.07) is 0. The van der Waals surface area contributed by atoms with Crippen molar-refractivity contribution in [1.82, 2.24) is 0 Å². The zero-order valence-corrected chi connectivity index (χ0v) is 17.5. The van der Waals surface area contributed by atoms with Gasteiger partial charge in [0.2, 0.25) is 0 Å². The van der Waals surface area contributed by atoms with Crippen LogP contribution in [-0.4, -0.2) is 73.5 Å². The average molecular weight is 433 g/mol. The van der Waals surface area contributed by atoms with Crippen molar-refractivity contribution in [3.63, 3.8) is 0 Å². The third-order valence-corrected chi connectivity index (χ3v) is 4.23. The molecule has 146 valence electrons. The van der Waals surface area contributed by atoms with Crippen molar-refractivity contribution < 1.29 is 33.3 Å². The van der Waals surface area contributed by atoms with Crippen LogP contribution in [-0.2, 0) is 33.3 Å². The first-order valence-corrected chi connectivity index (χ1v) is 9.87. The number of carbonyl (C=O) groups is 3. The van der Waals surface area contributed by atoms with Crippen molar-refractivity contribution >= 4 is 68.4 Å². The third-order valence-electron chi connectivity index (χ3n) is 2.94. The Labute approximate surface area is 169 Å². The number of esters is 3. The summed E-state index contributed by atoms with van der Waals surface area (Å²) in [5.74, 6) is -1.56. The normalized spacial score (nSPS) is 12.4. The Bertz CT molecular complexity index is 383. The number of rotatable bonds is 13. The first kappa shape index (κ1) is 24.8. The van der Waals surface area contributed by atoms with Crippen molar-refractivity contribution in [2.24, 2.45) is 5.41 Å². The lowest BCUT2D eigenvalue weighted by Gasteiger charge is -2.32. The van der Waals surface area contributed by atoms with Gasteiger partial charge in [-0.15, -0.1) is 0 Å². The molecule has 0 aliphatic heterocycles. The molecule has 11 heteroatoms. The van der Waals surface area contributed by atoms with E-state index in [-0.39, 0.29) is 49.8 Å². The first-order chi connectivity index (χ1) is 11.8. The second kappa shape index (κ2) is 13.9. The second-order valence-electron chi connectivity index (χ2n) is 5.26. The Kier molecular flexibility index (Phi) is 13.8. The topological polar surface area (TPSA) is 88.1 Å². The molecule has 0 aliphatic carbocycles. The predicted octanol–water partition coefficient (Wildman–Crippen LogP) is 0.727. The molecule has 0 saturated heterocycles. The lowest BCUT2D eigenvalue weighted by Crippen LogP contribution is -2.44. The largest absolute Gasteiger partial charge is 0.464 e. The lowest BCUT2D eigenvalue weighted by atomic mass is 9.92. The Morgan fingerprint density at radius 3 is 1.40 bits per heavy atom. The van der Waals surface area contributed by atoms with E-state index in [4.69, 9.17) is 18.9 Å². The highest BCUT2D eigenvalue weighted by Gasteiger charge is 2.37. The highest BCUT2D eigenvalue weighted by atomic mass is 32.1. The highest BCUT2D eigenvalue weighted by Crippen LogP contribution is 2.22. The zero-order chi connectivity index (χ0) is 19.3. The fraction of sp³-hybridized carbons (Fsp3) is 0.786. The smallest absolute Gasteiger partial charge is 0.315 e. The molecule has 0 aromatic heterocycles. The van der Waals surface area contributed by atoms with E-state index in [1.54, 1.807) is 6.92 Å². The van der Waals surface area contributed by atoms with Gasteiger partial charge in [-0.25, -0.2) is 0 Å². The molecule has 25 heavy (non-hydrogen) atoms. The summed E-state index contributed by atoms with van der Waals surface area (Å²) in [6.45, 7) is 1.30. The maximum Gasteiger partial charge on any atom is 0.315 e. The first-order valence-electron chi connectivity index (χ1n) is 7.34. The fourth-order valence-corrected chi connectivity index (χ4v) is 1.84. The standard InChI is InChI=1S/C14H24O7S4/c1-10(2-22)18-6-14(7-19-11(15)3-23,8-20-12(16)4-24)9-21-13(17)5-25/h10,22-25H,2-9H2,1H3. The summed E-state index contributed by atoms with van der Waals surface area (Å²) < 4.78 is 21.0. The molecule has 0 bridgehead atoms. The predicted molar refractivity (Wildman–Crippen MR) is 106 cm³/mol. The van der Waals surface area contributed by atoms with E-state index < -0.39 is 23.3 Å². The van der Waals surface area contributed by atoms with E-state index in [1.807, 2.05) is 0 Å². The Morgan fingerprint density at radius 1 is 0.760 bits per heavy atom. The van der Waals surface area contributed by atoms with Gasteiger partial charge in [0.05, 0.1) is 35.4 Å². The third kappa shape index (κ3) is 11.2. The van der Waals surface area contributed by atoms with E-state index >= 15 is 0 Å². The van der Waals surface area contributed by atoms with Crippen LogP contribution in [0.4, 0.5) is 0 Å². The maximum absolute atomic E-state index is 11.4. The molecule has 0 N–H and O–H groups in total. The van der Waals surface area contributed by atoms with Gasteiger partial charge in [0, 0.05) is 5.75 Å². The van der Waals surface area contributed by atoms with Gasteiger partial charge >= 0.3 is 17.9 Å². The molecule has 1 atom stereocenters. The molecule has 0 radical (unpaired) electrons. The van der Waals surface area contributed by atoms with E-state index in [0.29, 0.717) is 5.75 Å². The van der Waals surface area contributed by atoms with E-state index in [1.165, 1.54) is 0 Å². The van der Waals surface area contributed by atoms with Gasteiger partial charge < -0.3 is 18.9 Å². The molecule has 0 heterocycles.